The molecule has 6 nitrogen and oxygen atoms in total. The van der Waals surface area contributed by atoms with Gasteiger partial charge >= 0.3 is 5.97 Å². The zero-order valence-corrected chi connectivity index (χ0v) is 15.8. The molecule has 0 bridgehead atoms. The number of carbonyl (C=O) groups excluding carboxylic acids is 2. The van der Waals surface area contributed by atoms with Crippen LogP contribution in [0.1, 0.15) is 0 Å². The molecule has 138 valence electrons. The summed E-state index contributed by atoms with van der Waals surface area (Å²) in [6, 6.07) is 9.47. The molecule has 0 aliphatic heterocycles. The Bertz CT molecular complexity index is 796. The fraction of sp³-hybridized carbons (Fsp3) is 0.176. The van der Waals surface area contributed by atoms with Crippen LogP contribution in [0.3, 0.4) is 0 Å². The molecule has 1 amide bonds. The number of esters is 1. The molecule has 26 heavy (non-hydrogen) atoms. The van der Waals surface area contributed by atoms with E-state index in [4.69, 9.17) is 49.0 Å². The first-order valence-corrected chi connectivity index (χ1v) is 8.39. The van der Waals surface area contributed by atoms with E-state index >= 15 is 0 Å². The minimum absolute atomic E-state index is 0.210. The third-order valence-electron chi connectivity index (χ3n) is 3.06. The summed E-state index contributed by atoms with van der Waals surface area (Å²) in [4.78, 5) is 23.5. The highest BCUT2D eigenvalue weighted by atomic mass is 35.5. The van der Waals surface area contributed by atoms with Gasteiger partial charge < -0.3 is 19.5 Å². The summed E-state index contributed by atoms with van der Waals surface area (Å²) in [5.74, 6) is -0.147. The van der Waals surface area contributed by atoms with Crippen molar-refractivity contribution in [3.63, 3.8) is 0 Å². The molecule has 0 fully saturated rings. The average Bonchev–Trinajstić information content (AvgIpc) is 2.63. The first-order chi connectivity index (χ1) is 12.4. The third-order valence-corrected chi connectivity index (χ3v) is 4.10. The van der Waals surface area contributed by atoms with Crippen molar-refractivity contribution in [3.05, 3.63) is 51.5 Å². The van der Waals surface area contributed by atoms with E-state index in [1.165, 1.54) is 12.1 Å². The molecule has 0 saturated carbocycles. The first kappa shape index (κ1) is 20.2. The highest BCUT2D eigenvalue weighted by Crippen LogP contribution is 2.32. The minimum Gasteiger partial charge on any atom is -0.497 e. The Morgan fingerprint density at radius 1 is 0.923 bits per heavy atom. The van der Waals surface area contributed by atoms with Crippen LogP contribution >= 0.6 is 34.8 Å². The minimum atomic E-state index is -0.698. The number of halogens is 3. The van der Waals surface area contributed by atoms with Gasteiger partial charge in [-0.2, -0.15) is 0 Å². The van der Waals surface area contributed by atoms with Gasteiger partial charge in [0.05, 0.1) is 27.9 Å². The molecule has 2 aromatic rings. The molecule has 0 aromatic heterocycles. The van der Waals surface area contributed by atoms with E-state index in [-0.39, 0.29) is 27.4 Å². The van der Waals surface area contributed by atoms with Gasteiger partial charge in [0, 0.05) is 0 Å². The number of anilines is 1. The largest absolute Gasteiger partial charge is 0.497 e. The highest BCUT2D eigenvalue weighted by Gasteiger charge is 2.12. The Hall–Kier alpha value is -2.15. The Morgan fingerprint density at radius 2 is 1.54 bits per heavy atom. The molecular formula is C17H14Cl3NO5. The number of benzene rings is 2. The van der Waals surface area contributed by atoms with E-state index in [1.807, 2.05) is 0 Å². The molecule has 1 N–H and O–H groups in total. The van der Waals surface area contributed by atoms with Crippen LogP contribution in [0, 0.1) is 0 Å². The maximum Gasteiger partial charge on any atom is 0.344 e. The Kier molecular flexibility index (Phi) is 7.38. The van der Waals surface area contributed by atoms with Crippen molar-refractivity contribution >= 4 is 52.4 Å². The standard InChI is InChI=1S/C17H14Cl3NO5/c1-24-10-2-4-11(5-3-10)25-9-17(23)26-8-16(22)21-15-7-13(19)12(18)6-14(15)20/h2-7H,8-9H2,1H3,(H,21,22). The SMILES string of the molecule is COc1ccc(OCC(=O)OCC(=O)Nc2cc(Cl)c(Cl)cc2Cl)cc1. The second-order valence-corrected chi connectivity index (χ2v) is 6.14. The summed E-state index contributed by atoms with van der Waals surface area (Å²) in [6.45, 7) is -0.839. The average molecular weight is 419 g/mol. The van der Waals surface area contributed by atoms with Crippen molar-refractivity contribution in [2.75, 3.05) is 25.6 Å². The van der Waals surface area contributed by atoms with E-state index in [1.54, 1.807) is 31.4 Å². The number of ether oxygens (including phenoxy) is 3. The number of hydrogen-bond donors (Lipinski definition) is 1. The van der Waals surface area contributed by atoms with Gasteiger partial charge in [0.15, 0.2) is 13.2 Å². The molecule has 0 saturated heterocycles. The van der Waals surface area contributed by atoms with Crippen LogP contribution in [-0.2, 0) is 14.3 Å². The van der Waals surface area contributed by atoms with Gasteiger partial charge in [-0.1, -0.05) is 34.8 Å². The van der Waals surface area contributed by atoms with Crippen LogP contribution in [0.2, 0.25) is 15.1 Å². The van der Waals surface area contributed by atoms with Crippen LogP contribution in [0.5, 0.6) is 11.5 Å². The molecule has 2 aromatic carbocycles. The highest BCUT2D eigenvalue weighted by molar-refractivity contribution is 6.44. The van der Waals surface area contributed by atoms with Crippen molar-refractivity contribution in [3.8, 4) is 11.5 Å². The number of carbonyl (C=O) groups is 2. The first-order valence-electron chi connectivity index (χ1n) is 7.26. The quantitative estimate of drug-likeness (QED) is 0.538. The normalized spacial score (nSPS) is 10.2. The van der Waals surface area contributed by atoms with Gasteiger partial charge in [0.1, 0.15) is 11.5 Å². The van der Waals surface area contributed by atoms with Gasteiger partial charge in [-0.25, -0.2) is 4.79 Å². The summed E-state index contributed by atoms with van der Waals surface area (Å²) in [6.07, 6.45) is 0. The monoisotopic (exact) mass is 417 g/mol. The molecule has 0 unspecified atom stereocenters. The van der Waals surface area contributed by atoms with Crippen molar-refractivity contribution < 1.29 is 23.8 Å². The fourth-order valence-electron chi connectivity index (χ4n) is 1.81. The lowest BCUT2D eigenvalue weighted by atomic mass is 10.3. The lowest BCUT2D eigenvalue weighted by Crippen LogP contribution is -2.23. The number of methoxy groups -OCH3 is 1. The summed E-state index contributed by atoms with van der Waals surface area (Å²) in [5, 5.41) is 3.18. The number of hydrogen-bond acceptors (Lipinski definition) is 5. The lowest BCUT2D eigenvalue weighted by Gasteiger charge is -2.10. The second kappa shape index (κ2) is 9.52. The summed E-state index contributed by atoms with van der Waals surface area (Å²) in [7, 11) is 1.55. The molecule has 0 heterocycles. The number of nitrogens with one attached hydrogen (secondary N) is 1. The maximum atomic E-state index is 11.8. The summed E-state index contributed by atoms with van der Waals surface area (Å²) in [5.41, 5.74) is 0.261. The number of rotatable bonds is 7. The fourth-order valence-corrected chi connectivity index (χ4v) is 2.40. The molecule has 2 rings (SSSR count). The van der Waals surface area contributed by atoms with Gasteiger partial charge in [-0.3, -0.25) is 4.79 Å². The smallest absolute Gasteiger partial charge is 0.344 e. The van der Waals surface area contributed by atoms with Crippen molar-refractivity contribution in [2.45, 2.75) is 0 Å². The van der Waals surface area contributed by atoms with E-state index < -0.39 is 18.5 Å². The predicted molar refractivity (Wildman–Crippen MR) is 99.5 cm³/mol. The topological polar surface area (TPSA) is 73.9 Å². The lowest BCUT2D eigenvalue weighted by molar-refractivity contribution is -0.149. The molecule has 0 aliphatic rings. The van der Waals surface area contributed by atoms with Gasteiger partial charge in [-0.15, -0.1) is 0 Å². The Labute approximate surface area is 164 Å². The molecule has 0 radical (unpaired) electrons. The Balaban J connectivity index is 1.77. The molecule has 0 aliphatic carbocycles. The van der Waals surface area contributed by atoms with Crippen LogP contribution in [0.15, 0.2) is 36.4 Å². The second-order valence-electron chi connectivity index (χ2n) is 4.92. The zero-order chi connectivity index (χ0) is 19.1. The molecule has 9 heteroatoms. The van der Waals surface area contributed by atoms with Crippen LogP contribution in [0.25, 0.3) is 0 Å². The van der Waals surface area contributed by atoms with Crippen molar-refractivity contribution in [2.24, 2.45) is 0 Å². The van der Waals surface area contributed by atoms with Crippen LogP contribution in [0.4, 0.5) is 5.69 Å². The summed E-state index contributed by atoms with van der Waals surface area (Å²) >= 11 is 17.6. The van der Waals surface area contributed by atoms with Gasteiger partial charge in [0.2, 0.25) is 0 Å². The maximum absolute atomic E-state index is 11.8. The van der Waals surface area contributed by atoms with E-state index in [9.17, 15) is 9.59 Å². The molecule has 0 spiro atoms. The van der Waals surface area contributed by atoms with E-state index in [0.29, 0.717) is 11.5 Å². The van der Waals surface area contributed by atoms with Gasteiger partial charge in [0.25, 0.3) is 5.91 Å². The predicted octanol–water partition coefficient (Wildman–Crippen LogP) is 4.22. The third kappa shape index (κ3) is 5.98. The van der Waals surface area contributed by atoms with E-state index in [2.05, 4.69) is 5.32 Å². The Morgan fingerprint density at radius 3 is 2.19 bits per heavy atom. The summed E-state index contributed by atoms with van der Waals surface area (Å²) < 4.78 is 15.1. The number of amides is 1. The van der Waals surface area contributed by atoms with E-state index in [0.717, 1.165) is 0 Å². The zero-order valence-electron chi connectivity index (χ0n) is 13.6. The van der Waals surface area contributed by atoms with Crippen molar-refractivity contribution in [1.82, 2.24) is 0 Å². The van der Waals surface area contributed by atoms with Gasteiger partial charge in [-0.05, 0) is 36.4 Å². The van der Waals surface area contributed by atoms with Crippen LogP contribution < -0.4 is 14.8 Å². The molecule has 0 atom stereocenters. The van der Waals surface area contributed by atoms with Crippen molar-refractivity contribution in [1.29, 1.82) is 0 Å². The molecular weight excluding hydrogens is 405 g/mol. The van der Waals surface area contributed by atoms with Crippen LogP contribution in [-0.4, -0.2) is 32.2 Å².